The summed E-state index contributed by atoms with van der Waals surface area (Å²) in [7, 11) is -2.07. The van der Waals surface area contributed by atoms with Gasteiger partial charge in [-0.05, 0) is 36.8 Å². The molecule has 2 atom stereocenters. The zero-order valence-corrected chi connectivity index (χ0v) is 18.0. The highest BCUT2D eigenvalue weighted by Crippen LogP contribution is 2.34. The van der Waals surface area contributed by atoms with Crippen LogP contribution in [-0.2, 0) is 22.1 Å². The standard InChI is InChI=1S/C18H17ClFN5O3S2/c1-25-9-10(8-21-25)16-4-5-17(29-16)14-7-15(24-30(27,28)23-14)18(26)22-11-2-3-13(20)12(19)6-11/h2-6,8-9,14-15,23-24H,7H2,1H3,(H,22,26)/t14-,15+/m0/s1. The van der Waals surface area contributed by atoms with E-state index in [2.05, 4.69) is 19.9 Å². The Morgan fingerprint density at radius 3 is 2.83 bits per heavy atom. The van der Waals surface area contributed by atoms with Crippen LogP contribution in [0.5, 0.6) is 0 Å². The first-order valence-corrected chi connectivity index (χ1v) is 11.5. The average Bonchev–Trinajstić information content (AvgIpc) is 3.32. The van der Waals surface area contributed by atoms with Crippen LogP contribution in [0.3, 0.4) is 0 Å². The van der Waals surface area contributed by atoms with Crippen LogP contribution in [0.15, 0.2) is 42.7 Å². The van der Waals surface area contributed by atoms with Gasteiger partial charge in [-0.15, -0.1) is 11.3 Å². The molecule has 0 radical (unpaired) electrons. The minimum Gasteiger partial charge on any atom is -0.325 e. The van der Waals surface area contributed by atoms with Gasteiger partial charge in [-0.2, -0.15) is 23.0 Å². The quantitative estimate of drug-likeness (QED) is 0.546. The maximum absolute atomic E-state index is 13.3. The minimum absolute atomic E-state index is 0.141. The van der Waals surface area contributed by atoms with E-state index in [1.165, 1.54) is 23.5 Å². The van der Waals surface area contributed by atoms with Crippen LogP contribution in [0, 0.1) is 5.82 Å². The van der Waals surface area contributed by atoms with Crippen LogP contribution in [0.1, 0.15) is 17.3 Å². The Balaban J connectivity index is 1.52. The molecule has 0 bridgehead atoms. The maximum Gasteiger partial charge on any atom is 0.278 e. The minimum atomic E-state index is -3.89. The zero-order valence-electron chi connectivity index (χ0n) is 15.6. The summed E-state index contributed by atoms with van der Waals surface area (Å²) in [5, 5.41) is 6.57. The summed E-state index contributed by atoms with van der Waals surface area (Å²) in [5.74, 6) is -1.17. The Labute approximate surface area is 181 Å². The Morgan fingerprint density at radius 1 is 1.33 bits per heavy atom. The van der Waals surface area contributed by atoms with Gasteiger partial charge in [0, 0.05) is 34.2 Å². The molecule has 4 rings (SSSR count). The zero-order chi connectivity index (χ0) is 21.5. The van der Waals surface area contributed by atoms with E-state index in [0.717, 1.165) is 21.4 Å². The third-order valence-electron chi connectivity index (χ3n) is 4.53. The molecule has 3 aromatic rings. The number of amides is 1. The molecule has 1 amide bonds. The first kappa shape index (κ1) is 20.9. The number of benzene rings is 1. The number of carbonyl (C=O) groups is 1. The van der Waals surface area contributed by atoms with Crippen molar-refractivity contribution in [3.8, 4) is 10.4 Å². The van der Waals surface area contributed by atoms with E-state index in [1.807, 2.05) is 25.4 Å². The normalized spacial score (nSPS) is 20.8. The van der Waals surface area contributed by atoms with Gasteiger partial charge in [0.2, 0.25) is 5.91 Å². The van der Waals surface area contributed by atoms with Crippen LogP contribution in [0.4, 0.5) is 10.1 Å². The molecule has 1 aromatic carbocycles. The number of aryl methyl sites for hydroxylation is 1. The molecule has 1 fully saturated rings. The SMILES string of the molecule is Cn1cc(-c2ccc([C@@H]3C[C@H](C(=O)Nc4ccc(F)c(Cl)c4)NS(=O)(=O)N3)s2)cn1. The Kier molecular flexibility index (Phi) is 5.64. The number of hydrogen-bond acceptors (Lipinski definition) is 5. The molecule has 1 aliphatic heterocycles. The van der Waals surface area contributed by atoms with Crippen molar-refractivity contribution in [2.75, 3.05) is 5.32 Å². The second-order valence-electron chi connectivity index (χ2n) is 6.80. The highest BCUT2D eigenvalue weighted by molar-refractivity contribution is 7.87. The summed E-state index contributed by atoms with van der Waals surface area (Å²) in [6.45, 7) is 0. The van der Waals surface area contributed by atoms with E-state index in [4.69, 9.17) is 11.6 Å². The van der Waals surface area contributed by atoms with Crippen LogP contribution in [0.25, 0.3) is 10.4 Å². The summed E-state index contributed by atoms with van der Waals surface area (Å²) < 4.78 is 44.4. The number of carbonyl (C=O) groups excluding carboxylic acids is 1. The number of aromatic nitrogens is 2. The molecule has 1 aliphatic rings. The Bertz CT molecular complexity index is 1210. The topological polar surface area (TPSA) is 105 Å². The van der Waals surface area contributed by atoms with E-state index in [9.17, 15) is 17.6 Å². The number of nitrogens with one attached hydrogen (secondary N) is 3. The fourth-order valence-corrected chi connectivity index (χ4v) is 5.67. The summed E-state index contributed by atoms with van der Waals surface area (Å²) in [6.07, 6.45) is 3.80. The van der Waals surface area contributed by atoms with Crippen LogP contribution in [-0.4, -0.2) is 30.1 Å². The molecule has 0 spiro atoms. The molecule has 0 unspecified atom stereocenters. The van der Waals surface area contributed by atoms with Gasteiger partial charge in [-0.1, -0.05) is 11.6 Å². The predicted molar refractivity (Wildman–Crippen MR) is 113 cm³/mol. The van der Waals surface area contributed by atoms with Gasteiger partial charge in [0.25, 0.3) is 10.2 Å². The van der Waals surface area contributed by atoms with Crippen LogP contribution >= 0.6 is 22.9 Å². The molecule has 30 heavy (non-hydrogen) atoms. The van der Waals surface area contributed by atoms with Gasteiger partial charge in [-0.25, -0.2) is 4.39 Å². The molecule has 0 aliphatic carbocycles. The molecule has 1 saturated heterocycles. The van der Waals surface area contributed by atoms with Crippen LogP contribution < -0.4 is 14.8 Å². The highest BCUT2D eigenvalue weighted by atomic mass is 35.5. The predicted octanol–water partition coefficient (Wildman–Crippen LogP) is 2.82. The Hall–Kier alpha value is -2.31. The lowest BCUT2D eigenvalue weighted by molar-refractivity contribution is -0.118. The van der Waals surface area contributed by atoms with Crippen LogP contribution in [0.2, 0.25) is 5.02 Å². The summed E-state index contributed by atoms with van der Waals surface area (Å²) >= 11 is 7.16. The van der Waals surface area contributed by atoms with Crippen molar-refractivity contribution in [2.24, 2.45) is 7.05 Å². The van der Waals surface area contributed by atoms with Crippen molar-refractivity contribution < 1.29 is 17.6 Å². The molecular weight excluding hydrogens is 453 g/mol. The number of rotatable bonds is 4. The van der Waals surface area contributed by atoms with Crippen molar-refractivity contribution in [1.29, 1.82) is 0 Å². The van der Waals surface area contributed by atoms with Crippen molar-refractivity contribution in [3.63, 3.8) is 0 Å². The first-order chi connectivity index (χ1) is 14.2. The highest BCUT2D eigenvalue weighted by Gasteiger charge is 2.36. The third-order valence-corrected chi connectivity index (χ3v) is 7.26. The smallest absolute Gasteiger partial charge is 0.278 e. The van der Waals surface area contributed by atoms with Gasteiger partial charge in [0.15, 0.2) is 0 Å². The summed E-state index contributed by atoms with van der Waals surface area (Å²) in [5.41, 5.74) is 1.20. The molecule has 158 valence electrons. The molecule has 12 heteroatoms. The van der Waals surface area contributed by atoms with Crippen molar-refractivity contribution in [2.45, 2.75) is 18.5 Å². The van der Waals surface area contributed by atoms with Crippen molar-refractivity contribution >= 4 is 44.7 Å². The molecule has 3 heterocycles. The molecule has 0 saturated carbocycles. The average molecular weight is 470 g/mol. The summed E-state index contributed by atoms with van der Waals surface area (Å²) in [6, 6.07) is 5.89. The molecule has 8 nitrogen and oxygen atoms in total. The Morgan fingerprint density at radius 2 is 2.13 bits per heavy atom. The first-order valence-electron chi connectivity index (χ1n) is 8.84. The fraction of sp³-hybridized carbons (Fsp3) is 0.222. The van der Waals surface area contributed by atoms with Gasteiger partial charge in [-0.3, -0.25) is 9.48 Å². The lowest BCUT2D eigenvalue weighted by atomic mass is 10.1. The van der Waals surface area contributed by atoms with Gasteiger partial charge >= 0.3 is 0 Å². The third kappa shape index (κ3) is 4.55. The van der Waals surface area contributed by atoms with E-state index in [0.29, 0.717) is 0 Å². The second-order valence-corrected chi connectivity index (χ2v) is 9.80. The van der Waals surface area contributed by atoms with Crippen molar-refractivity contribution in [3.05, 3.63) is 58.4 Å². The van der Waals surface area contributed by atoms with Gasteiger partial charge < -0.3 is 5.32 Å². The van der Waals surface area contributed by atoms with E-state index >= 15 is 0 Å². The van der Waals surface area contributed by atoms with Crippen molar-refractivity contribution in [1.82, 2.24) is 19.2 Å². The monoisotopic (exact) mass is 469 g/mol. The molecule has 2 aromatic heterocycles. The maximum atomic E-state index is 13.3. The second kappa shape index (κ2) is 8.08. The van der Waals surface area contributed by atoms with Gasteiger partial charge in [0.05, 0.1) is 17.3 Å². The number of nitrogens with zero attached hydrogens (tertiary/aromatic N) is 2. The number of anilines is 1. The van der Waals surface area contributed by atoms with E-state index in [-0.39, 0.29) is 17.1 Å². The van der Waals surface area contributed by atoms with E-state index < -0.39 is 34.0 Å². The number of halogens is 2. The number of hydrogen-bond donors (Lipinski definition) is 3. The molecular formula is C18H17ClFN5O3S2. The number of thiophene rings is 1. The van der Waals surface area contributed by atoms with Gasteiger partial charge in [0.1, 0.15) is 11.9 Å². The molecule has 3 N–H and O–H groups in total. The largest absolute Gasteiger partial charge is 0.325 e. The lowest BCUT2D eigenvalue weighted by Gasteiger charge is -2.29. The lowest BCUT2D eigenvalue weighted by Crippen LogP contribution is -2.55. The summed E-state index contributed by atoms with van der Waals surface area (Å²) in [4.78, 5) is 14.4. The fourth-order valence-electron chi connectivity index (χ4n) is 3.12. The van der Waals surface area contributed by atoms with E-state index in [1.54, 1.807) is 10.9 Å².